The van der Waals surface area contributed by atoms with Crippen LogP contribution in [0.2, 0.25) is 10.4 Å². The molecule has 0 radical (unpaired) electrons. The summed E-state index contributed by atoms with van der Waals surface area (Å²) in [7, 11) is 0. The number of carbonyl (C=O) groups is 1. The molecule has 0 aliphatic carbocycles. The average molecular weight is 273 g/mol. The van der Waals surface area contributed by atoms with Crippen molar-refractivity contribution < 1.29 is 9.32 Å². The zero-order chi connectivity index (χ0) is 12.4. The van der Waals surface area contributed by atoms with Crippen LogP contribution in [-0.4, -0.2) is 21.0 Å². The normalized spacial score (nSPS) is 10.3. The minimum Gasteiger partial charge on any atom is -0.361 e. The molecule has 6 nitrogen and oxygen atoms in total. The maximum absolute atomic E-state index is 11.8. The summed E-state index contributed by atoms with van der Waals surface area (Å²) < 4.78 is 4.78. The number of nitrogens with zero attached hydrogens (tertiary/aromatic N) is 3. The van der Waals surface area contributed by atoms with Crippen LogP contribution in [0, 0.1) is 6.92 Å². The van der Waals surface area contributed by atoms with E-state index in [9.17, 15) is 4.79 Å². The van der Waals surface area contributed by atoms with Gasteiger partial charge >= 0.3 is 0 Å². The number of anilines is 1. The van der Waals surface area contributed by atoms with Crippen LogP contribution in [0.5, 0.6) is 0 Å². The van der Waals surface area contributed by atoms with Crippen molar-refractivity contribution in [3.05, 3.63) is 34.0 Å². The molecule has 0 unspecified atom stereocenters. The van der Waals surface area contributed by atoms with Gasteiger partial charge in [0.2, 0.25) is 5.28 Å². The van der Waals surface area contributed by atoms with Gasteiger partial charge in [-0.15, -0.1) is 0 Å². The molecule has 2 rings (SSSR count). The van der Waals surface area contributed by atoms with Crippen molar-refractivity contribution in [1.29, 1.82) is 0 Å². The molecular formula is C9H6Cl2N4O2. The maximum atomic E-state index is 11.8. The number of hydrogen-bond acceptors (Lipinski definition) is 5. The predicted molar refractivity (Wildman–Crippen MR) is 61.2 cm³/mol. The van der Waals surface area contributed by atoms with Gasteiger partial charge in [0.05, 0.1) is 6.20 Å². The van der Waals surface area contributed by atoms with E-state index in [0.717, 1.165) is 0 Å². The molecule has 0 spiro atoms. The Morgan fingerprint density at radius 3 is 2.76 bits per heavy atom. The molecule has 0 aromatic carbocycles. The third kappa shape index (κ3) is 2.72. The third-order valence-corrected chi connectivity index (χ3v) is 2.27. The number of hydrogen-bond donors (Lipinski definition) is 1. The average Bonchev–Trinajstić information content (AvgIpc) is 2.62. The molecule has 17 heavy (non-hydrogen) atoms. The Labute approximate surface area is 106 Å². The number of aryl methyl sites for hydroxylation is 1. The van der Waals surface area contributed by atoms with E-state index in [0.29, 0.717) is 11.3 Å². The van der Waals surface area contributed by atoms with Crippen LogP contribution < -0.4 is 5.32 Å². The molecule has 8 heteroatoms. The highest BCUT2D eigenvalue weighted by Gasteiger charge is 2.14. The van der Waals surface area contributed by atoms with Gasteiger partial charge in [-0.2, -0.15) is 0 Å². The number of carbonyl (C=O) groups excluding carboxylic acids is 1. The van der Waals surface area contributed by atoms with Crippen LogP contribution in [0.4, 0.5) is 5.82 Å². The fourth-order valence-electron chi connectivity index (χ4n) is 1.15. The van der Waals surface area contributed by atoms with Gasteiger partial charge in [0.1, 0.15) is 22.3 Å². The second-order valence-electron chi connectivity index (χ2n) is 3.09. The van der Waals surface area contributed by atoms with Crippen molar-refractivity contribution in [2.75, 3.05) is 5.32 Å². The lowest BCUT2D eigenvalue weighted by atomic mass is 10.2. The van der Waals surface area contributed by atoms with Gasteiger partial charge in [-0.3, -0.25) is 4.79 Å². The Morgan fingerprint density at radius 2 is 2.18 bits per heavy atom. The van der Waals surface area contributed by atoms with Crippen molar-refractivity contribution in [3.63, 3.8) is 0 Å². The number of rotatable bonds is 2. The summed E-state index contributed by atoms with van der Waals surface area (Å²) in [6, 6.07) is 1.38. The molecule has 1 N–H and O–H groups in total. The van der Waals surface area contributed by atoms with Gasteiger partial charge in [0.15, 0.2) is 0 Å². The molecule has 0 aliphatic heterocycles. The Bertz CT molecular complexity index is 550. The highest BCUT2D eigenvalue weighted by molar-refractivity contribution is 6.32. The molecule has 0 aliphatic rings. The Hall–Kier alpha value is -1.66. The monoisotopic (exact) mass is 272 g/mol. The van der Waals surface area contributed by atoms with Gasteiger partial charge in [-0.05, 0) is 18.5 Å². The van der Waals surface area contributed by atoms with Gasteiger partial charge in [-0.1, -0.05) is 16.8 Å². The van der Waals surface area contributed by atoms with Crippen LogP contribution in [-0.2, 0) is 0 Å². The minimum atomic E-state index is -0.408. The molecule has 1 amide bonds. The lowest BCUT2D eigenvalue weighted by molar-refractivity contribution is 0.102. The molecular weight excluding hydrogens is 267 g/mol. The SMILES string of the molecule is Cc1oncc1C(=O)Nc1cc(Cl)nc(Cl)n1. The fourth-order valence-corrected chi connectivity index (χ4v) is 1.56. The first-order valence-electron chi connectivity index (χ1n) is 4.49. The molecule has 0 saturated heterocycles. The first kappa shape index (κ1) is 11.8. The fraction of sp³-hybridized carbons (Fsp3) is 0.111. The summed E-state index contributed by atoms with van der Waals surface area (Å²) in [6.45, 7) is 1.63. The highest BCUT2D eigenvalue weighted by Crippen LogP contribution is 2.16. The molecule has 2 heterocycles. The predicted octanol–water partition coefficient (Wildman–Crippen LogP) is 2.33. The zero-order valence-corrected chi connectivity index (χ0v) is 10.1. The van der Waals surface area contributed by atoms with Gasteiger partial charge in [0, 0.05) is 6.07 Å². The van der Waals surface area contributed by atoms with Crippen LogP contribution in [0.3, 0.4) is 0 Å². The summed E-state index contributed by atoms with van der Waals surface area (Å²) in [4.78, 5) is 19.2. The summed E-state index contributed by atoms with van der Waals surface area (Å²) in [5.41, 5.74) is 0.316. The molecule has 2 aromatic heterocycles. The Kier molecular flexibility index (Phi) is 3.26. The van der Waals surface area contributed by atoms with Crippen molar-refractivity contribution in [2.45, 2.75) is 6.92 Å². The van der Waals surface area contributed by atoms with Crippen LogP contribution in [0.15, 0.2) is 16.8 Å². The molecule has 0 atom stereocenters. The van der Waals surface area contributed by atoms with E-state index < -0.39 is 5.91 Å². The van der Waals surface area contributed by atoms with E-state index in [4.69, 9.17) is 27.7 Å². The van der Waals surface area contributed by atoms with Crippen molar-refractivity contribution in [2.24, 2.45) is 0 Å². The number of amides is 1. The molecule has 88 valence electrons. The summed E-state index contributed by atoms with van der Waals surface area (Å²) in [6.07, 6.45) is 1.31. The number of halogens is 2. The topological polar surface area (TPSA) is 80.9 Å². The third-order valence-electron chi connectivity index (χ3n) is 1.90. The lowest BCUT2D eigenvalue weighted by Gasteiger charge is -2.03. The maximum Gasteiger partial charge on any atom is 0.262 e. The first-order chi connectivity index (χ1) is 8.06. The van der Waals surface area contributed by atoms with Gasteiger partial charge < -0.3 is 9.84 Å². The molecule has 2 aromatic rings. The molecule has 0 bridgehead atoms. The smallest absolute Gasteiger partial charge is 0.262 e. The van der Waals surface area contributed by atoms with E-state index in [1.54, 1.807) is 6.92 Å². The summed E-state index contributed by atoms with van der Waals surface area (Å²) >= 11 is 11.3. The second-order valence-corrected chi connectivity index (χ2v) is 3.82. The van der Waals surface area contributed by atoms with E-state index >= 15 is 0 Å². The second kappa shape index (κ2) is 4.68. The van der Waals surface area contributed by atoms with Crippen molar-refractivity contribution in [1.82, 2.24) is 15.1 Å². The standard InChI is InChI=1S/C9H6Cl2N4O2/c1-4-5(3-12-17-4)8(16)14-7-2-6(10)13-9(11)15-7/h2-3H,1H3,(H,13,14,15,16). The summed E-state index contributed by atoms with van der Waals surface area (Å²) in [5.74, 6) is 0.212. The largest absolute Gasteiger partial charge is 0.361 e. The Morgan fingerprint density at radius 1 is 1.41 bits per heavy atom. The zero-order valence-electron chi connectivity index (χ0n) is 8.57. The van der Waals surface area contributed by atoms with Crippen LogP contribution >= 0.6 is 23.2 Å². The lowest BCUT2D eigenvalue weighted by Crippen LogP contribution is -2.13. The van der Waals surface area contributed by atoms with E-state index in [1.165, 1.54) is 12.3 Å². The first-order valence-corrected chi connectivity index (χ1v) is 5.24. The quantitative estimate of drug-likeness (QED) is 0.670. The molecule has 0 fully saturated rings. The Balaban J connectivity index is 2.21. The van der Waals surface area contributed by atoms with Gasteiger partial charge in [0.25, 0.3) is 5.91 Å². The summed E-state index contributed by atoms with van der Waals surface area (Å²) in [5, 5.41) is 6.10. The van der Waals surface area contributed by atoms with Crippen LogP contribution in [0.25, 0.3) is 0 Å². The van der Waals surface area contributed by atoms with Crippen molar-refractivity contribution >= 4 is 34.9 Å². The van der Waals surface area contributed by atoms with Gasteiger partial charge in [-0.25, -0.2) is 9.97 Å². The highest BCUT2D eigenvalue weighted by atomic mass is 35.5. The van der Waals surface area contributed by atoms with E-state index in [2.05, 4.69) is 20.4 Å². The molecule has 0 saturated carbocycles. The number of nitrogens with one attached hydrogen (secondary N) is 1. The van der Waals surface area contributed by atoms with E-state index in [-0.39, 0.29) is 16.3 Å². The van der Waals surface area contributed by atoms with E-state index in [1.807, 2.05) is 0 Å². The number of aromatic nitrogens is 3. The minimum absolute atomic E-state index is 0.0464. The van der Waals surface area contributed by atoms with Crippen molar-refractivity contribution in [3.8, 4) is 0 Å². The van der Waals surface area contributed by atoms with Crippen LogP contribution in [0.1, 0.15) is 16.1 Å².